The van der Waals surface area contributed by atoms with E-state index in [0.29, 0.717) is 6.54 Å². The zero-order chi connectivity index (χ0) is 28.2. The molecular weight excluding hydrogens is 511 g/mol. The minimum absolute atomic E-state index is 0.103. The van der Waals surface area contributed by atoms with Gasteiger partial charge >= 0.3 is 12.1 Å². The first-order chi connectivity index (χ1) is 18.6. The van der Waals surface area contributed by atoms with Crippen molar-refractivity contribution in [1.82, 2.24) is 14.5 Å². The summed E-state index contributed by atoms with van der Waals surface area (Å²) in [5.74, 6) is -1.91. The quantitative estimate of drug-likeness (QED) is 0.326. The highest BCUT2D eigenvalue weighted by molar-refractivity contribution is 6.00. The van der Waals surface area contributed by atoms with Crippen molar-refractivity contribution < 1.29 is 32.6 Å². The fraction of sp³-hybridized carbons (Fsp3) is 0.207. The number of carbonyl (C=O) groups is 2. The Kier molecular flexibility index (Phi) is 8.04. The third kappa shape index (κ3) is 6.46. The van der Waals surface area contributed by atoms with E-state index in [2.05, 4.69) is 35.3 Å². The van der Waals surface area contributed by atoms with Gasteiger partial charge in [-0.05, 0) is 53.5 Å². The number of alkyl halides is 3. The number of hydrogen-bond donors (Lipinski definition) is 1. The van der Waals surface area contributed by atoms with E-state index in [1.807, 2.05) is 59.0 Å². The van der Waals surface area contributed by atoms with E-state index in [1.165, 1.54) is 16.3 Å². The van der Waals surface area contributed by atoms with Crippen LogP contribution in [0.1, 0.15) is 23.2 Å². The maximum Gasteiger partial charge on any atom is 0.490 e. The molecule has 1 amide bonds. The number of methoxy groups -OCH3 is 1. The van der Waals surface area contributed by atoms with E-state index in [4.69, 9.17) is 14.6 Å². The van der Waals surface area contributed by atoms with Crippen molar-refractivity contribution in [3.8, 4) is 11.4 Å². The number of fused-ring (bicyclic) bond motifs is 1. The Bertz CT molecular complexity index is 1540. The van der Waals surface area contributed by atoms with Crippen molar-refractivity contribution in [1.29, 1.82) is 0 Å². The Morgan fingerprint density at radius 1 is 1.13 bits per heavy atom. The van der Waals surface area contributed by atoms with Gasteiger partial charge in [-0.15, -0.1) is 0 Å². The van der Waals surface area contributed by atoms with Crippen LogP contribution in [0.4, 0.5) is 13.2 Å². The molecule has 0 spiro atoms. The largest absolute Gasteiger partial charge is 0.495 e. The third-order valence-corrected chi connectivity index (χ3v) is 6.23. The highest BCUT2D eigenvalue weighted by Crippen LogP contribution is 2.29. The lowest BCUT2D eigenvalue weighted by atomic mass is 10.0. The summed E-state index contributed by atoms with van der Waals surface area (Å²) in [6.45, 7) is 3.31. The lowest BCUT2D eigenvalue weighted by Gasteiger charge is -2.17. The number of rotatable bonds is 5. The van der Waals surface area contributed by atoms with Crippen LogP contribution in [-0.2, 0) is 16.1 Å². The van der Waals surface area contributed by atoms with Gasteiger partial charge in [-0.25, -0.2) is 9.78 Å². The molecule has 0 atom stereocenters. The molecule has 0 unspecified atom stereocenters. The van der Waals surface area contributed by atoms with Crippen molar-refractivity contribution in [2.75, 3.05) is 13.7 Å². The summed E-state index contributed by atoms with van der Waals surface area (Å²) in [7, 11) is 1.66. The van der Waals surface area contributed by atoms with Gasteiger partial charge in [0.2, 0.25) is 5.91 Å². The molecule has 1 aliphatic heterocycles. The number of carbonyl (C=O) groups excluding carboxylic acids is 1. The SMILES string of the molecule is COc1cc(C=C2CCN(Cc3cccc4ccccc34)C2=O)ccc1-n1cnc(C)c1.O=C(O)C(F)(F)F. The maximum absolute atomic E-state index is 13.1. The first-order valence-electron chi connectivity index (χ1n) is 12.0. The lowest BCUT2D eigenvalue weighted by molar-refractivity contribution is -0.192. The maximum atomic E-state index is 13.1. The third-order valence-electron chi connectivity index (χ3n) is 6.23. The zero-order valence-corrected chi connectivity index (χ0v) is 21.3. The first kappa shape index (κ1) is 27.4. The summed E-state index contributed by atoms with van der Waals surface area (Å²) in [6.07, 6.45) is 1.38. The summed E-state index contributed by atoms with van der Waals surface area (Å²) < 4.78 is 39.3. The fourth-order valence-electron chi connectivity index (χ4n) is 4.34. The van der Waals surface area contributed by atoms with Crippen LogP contribution < -0.4 is 4.74 Å². The van der Waals surface area contributed by atoms with Gasteiger partial charge in [-0.2, -0.15) is 13.2 Å². The number of nitrogens with zero attached hydrogens (tertiary/aromatic N) is 3. The molecular formula is C29H26F3N3O4. The molecule has 39 heavy (non-hydrogen) atoms. The highest BCUT2D eigenvalue weighted by atomic mass is 19.4. The van der Waals surface area contributed by atoms with Crippen LogP contribution in [0.25, 0.3) is 22.5 Å². The molecule has 10 heteroatoms. The molecule has 1 saturated heterocycles. The van der Waals surface area contributed by atoms with Crippen LogP contribution >= 0.6 is 0 Å². The Labute approximate surface area is 222 Å². The minimum atomic E-state index is -5.08. The van der Waals surface area contributed by atoms with Gasteiger partial charge in [0.25, 0.3) is 0 Å². The van der Waals surface area contributed by atoms with Crippen molar-refractivity contribution in [3.63, 3.8) is 0 Å². The van der Waals surface area contributed by atoms with Crippen LogP contribution in [0.3, 0.4) is 0 Å². The van der Waals surface area contributed by atoms with E-state index < -0.39 is 12.1 Å². The zero-order valence-electron chi connectivity index (χ0n) is 21.3. The van der Waals surface area contributed by atoms with Gasteiger partial charge in [0.1, 0.15) is 5.75 Å². The standard InChI is InChI=1S/C27H25N3O2.C2HF3O2/c1-19-16-30(18-28-19)25-11-10-20(15-26(25)32-2)14-22-12-13-29(27(22)31)17-23-8-5-7-21-6-3-4-9-24(21)23;3-2(4,5)1(6)7/h3-11,14-16,18H,12-13,17H2,1-2H3;(H,6,7). The number of halogens is 3. The molecule has 1 fully saturated rings. The summed E-state index contributed by atoms with van der Waals surface area (Å²) in [5, 5.41) is 9.53. The van der Waals surface area contributed by atoms with Crippen molar-refractivity contribution in [2.24, 2.45) is 0 Å². The number of aryl methyl sites for hydroxylation is 1. The smallest absolute Gasteiger partial charge is 0.490 e. The molecule has 4 aromatic rings. The molecule has 1 aliphatic rings. The number of imidazole rings is 1. The van der Waals surface area contributed by atoms with E-state index in [9.17, 15) is 18.0 Å². The molecule has 202 valence electrons. The number of aliphatic carboxylic acids is 1. The Hall–Kier alpha value is -4.60. The number of hydrogen-bond acceptors (Lipinski definition) is 4. The van der Waals surface area contributed by atoms with E-state index in [1.54, 1.807) is 13.4 Å². The van der Waals surface area contributed by atoms with Crippen LogP contribution in [-0.4, -0.2) is 51.3 Å². The summed E-state index contributed by atoms with van der Waals surface area (Å²) in [5.41, 5.74) is 4.84. The number of benzene rings is 3. The lowest BCUT2D eigenvalue weighted by Crippen LogP contribution is -2.24. The van der Waals surface area contributed by atoms with Gasteiger partial charge < -0.3 is 19.3 Å². The average Bonchev–Trinajstić information content (AvgIpc) is 3.49. The van der Waals surface area contributed by atoms with Gasteiger partial charge in [0, 0.05) is 24.9 Å². The minimum Gasteiger partial charge on any atom is -0.495 e. The number of carboxylic acids is 1. The predicted molar refractivity (Wildman–Crippen MR) is 141 cm³/mol. The number of amides is 1. The highest BCUT2D eigenvalue weighted by Gasteiger charge is 2.38. The molecule has 0 saturated carbocycles. The van der Waals surface area contributed by atoms with Crippen molar-refractivity contribution in [3.05, 3.63) is 95.6 Å². The molecule has 7 nitrogen and oxygen atoms in total. The molecule has 2 heterocycles. The predicted octanol–water partition coefficient (Wildman–Crippen LogP) is 5.79. The molecule has 1 aromatic heterocycles. The molecule has 5 rings (SSSR count). The van der Waals surface area contributed by atoms with Crippen LogP contribution in [0.15, 0.2) is 78.8 Å². The van der Waals surface area contributed by atoms with Gasteiger partial charge in [-0.1, -0.05) is 48.5 Å². The second kappa shape index (κ2) is 11.4. The van der Waals surface area contributed by atoms with Crippen molar-refractivity contribution in [2.45, 2.75) is 26.1 Å². The van der Waals surface area contributed by atoms with Crippen LogP contribution in [0.5, 0.6) is 5.75 Å². The summed E-state index contributed by atoms with van der Waals surface area (Å²) in [6, 6.07) is 20.6. The van der Waals surface area contributed by atoms with E-state index >= 15 is 0 Å². The molecule has 0 radical (unpaired) electrons. The van der Waals surface area contributed by atoms with Gasteiger partial charge in [0.05, 0.1) is 24.8 Å². The first-order valence-corrected chi connectivity index (χ1v) is 12.0. The average molecular weight is 538 g/mol. The van der Waals surface area contributed by atoms with Crippen LogP contribution in [0.2, 0.25) is 0 Å². The van der Waals surface area contributed by atoms with Crippen molar-refractivity contribution >= 4 is 28.7 Å². The summed E-state index contributed by atoms with van der Waals surface area (Å²) >= 11 is 0. The van der Waals surface area contributed by atoms with Gasteiger partial charge in [0.15, 0.2) is 0 Å². The Morgan fingerprint density at radius 3 is 2.51 bits per heavy atom. The normalized spacial score (nSPS) is 14.4. The second-order valence-corrected chi connectivity index (χ2v) is 8.94. The number of carboxylic acid groups (broad SMARTS) is 1. The van der Waals surface area contributed by atoms with E-state index in [0.717, 1.165) is 41.2 Å². The fourth-order valence-corrected chi connectivity index (χ4v) is 4.34. The van der Waals surface area contributed by atoms with Crippen LogP contribution in [0, 0.1) is 6.92 Å². The molecule has 0 aliphatic carbocycles. The summed E-state index contributed by atoms with van der Waals surface area (Å²) in [4.78, 5) is 28.2. The van der Waals surface area contributed by atoms with E-state index in [-0.39, 0.29) is 5.91 Å². The number of likely N-dealkylation sites (tertiary alicyclic amines) is 1. The Morgan fingerprint density at radius 2 is 1.85 bits per heavy atom. The number of aromatic nitrogens is 2. The number of ether oxygens (including phenoxy) is 1. The second-order valence-electron chi connectivity index (χ2n) is 8.94. The molecule has 3 aromatic carbocycles. The van der Waals surface area contributed by atoms with Gasteiger partial charge in [-0.3, -0.25) is 4.79 Å². The Balaban J connectivity index is 0.000000448. The monoisotopic (exact) mass is 537 g/mol. The molecule has 1 N–H and O–H groups in total. The topological polar surface area (TPSA) is 84.7 Å². The molecule has 0 bridgehead atoms.